The van der Waals surface area contributed by atoms with Crippen LogP contribution in [-0.4, -0.2) is 24.1 Å². The first-order valence-corrected chi connectivity index (χ1v) is 8.93. The first-order chi connectivity index (χ1) is 9.65. The topological polar surface area (TPSA) is 28.2 Å². The predicted molar refractivity (Wildman–Crippen MR) is 88.7 cm³/mol. The summed E-state index contributed by atoms with van der Waals surface area (Å²) in [6.07, 6.45) is 5.08. The summed E-state index contributed by atoms with van der Waals surface area (Å²) in [6, 6.07) is 0.545. The number of anilines is 1. The van der Waals surface area contributed by atoms with Crippen LogP contribution in [0.25, 0.3) is 0 Å². The van der Waals surface area contributed by atoms with Gasteiger partial charge in [-0.05, 0) is 45.6 Å². The molecule has 1 aromatic heterocycles. The molecule has 0 aliphatic heterocycles. The minimum absolute atomic E-state index is 0.545. The molecule has 1 aliphatic rings. The van der Waals surface area contributed by atoms with Crippen molar-refractivity contribution < 1.29 is 0 Å². The molecule has 1 aliphatic carbocycles. The maximum atomic E-state index is 4.96. The van der Waals surface area contributed by atoms with Gasteiger partial charge in [-0.1, -0.05) is 20.3 Å². The molecule has 0 unspecified atom stereocenters. The van der Waals surface area contributed by atoms with Crippen molar-refractivity contribution in [2.24, 2.45) is 5.92 Å². The third kappa shape index (κ3) is 4.19. The highest BCUT2D eigenvalue weighted by molar-refractivity contribution is 7.15. The predicted octanol–water partition coefficient (Wildman–Crippen LogP) is 3.83. The van der Waals surface area contributed by atoms with Crippen molar-refractivity contribution in [2.75, 3.05) is 18.0 Å². The zero-order valence-electron chi connectivity index (χ0n) is 13.4. The molecule has 1 heterocycles. The highest BCUT2D eigenvalue weighted by Gasteiger charge is 2.27. The molecule has 0 amide bonds. The minimum Gasteiger partial charge on any atom is -0.345 e. The summed E-state index contributed by atoms with van der Waals surface area (Å²) in [5, 5.41) is 4.69. The largest absolute Gasteiger partial charge is 0.345 e. The van der Waals surface area contributed by atoms with E-state index in [1.165, 1.54) is 41.5 Å². The van der Waals surface area contributed by atoms with Crippen LogP contribution in [0, 0.1) is 5.92 Å². The van der Waals surface area contributed by atoms with E-state index in [9.17, 15) is 0 Å². The molecule has 0 spiro atoms. The Labute approximate surface area is 127 Å². The first-order valence-electron chi connectivity index (χ1n) is 8.11. The van der Waals surface area contributed by atoms with E-state index in [1.807, 2.05) is 11.3 Å². The second kappa shape index (κ2) is 7.41. The molecular weight excluding hydrogens is 266 g/mol. The van der Waals surface area contributed by atoms with Crippen LogP contribution in [0.2, 0.25) is 0 Å². The lowest BCUT2D eigenvalue weighted by Gasteiger charge is -2.26. The number of nitrogens with one attached hydrogen (secondary N) is 1. The Morgan fingerprint density at radius 3 is 2.65 bits per heavy atom. The van der Waals surface area contributed by atoms with Gasteiger partial charge in [-0.2, -0.15) is 0 Å². The molecule has 0 atom stereocenters. The fourth-order valence-corrected chi connectivity index (χ4v) is 3.61. The molecule has 20 heavy (non-hydrogen) atoms. The van der Waals surface area contributed by atoms with E-state index in [2.05, 4.69) is 37.9 Å². The summed E-state index contributed by atoms with van der Waals surface area (Å²) in [7, 11) is 0. The molecular formula is C16H29N3S. The van der Waals surface area contributed by atoms with Crippen molar-refractivity contribution >= 4 is 16.5 Å². The summed E-state index contributed by atoms with van der Waals surface area (Å²) in [6.45, 7) is 12.2. The molecule has 0 radical (unpaired) electrons. The van der Waals surface area contributed by atoms with Crippen molar-refractivity contribution in [3.8, 4) is 0 Å². The molecule has 1 N–H and O–H groups in total. The summed E-state index contributed by atoms with van der Waals surface area (Å²) in [5.74, 6) is 0.910. The lowest BCUT2D eigenvalue weighted by atomic mass is 10.2. The van der Waals surface area contributed by atoms with Crippen molar-refractivity contribution in [1.82, 2.24) is 10.3 Å². The minimum atomic E-state index is 0.545. The van der Waals surface area contributed by atoms with Crippen molar-refractivity contribution in [2.45, 2.75) is 66.0 Å². The Kier molecular flexibility index (Phi) is 5.85. The monoisotopic (exact) mass is 295 g/mol. The van der Waals surface area contributed by atoms with Crippen LogP contribution in [0.3, 0.4) is 0 Å². The van der Waals surface area contributed by atoms with Crippen LogP contribution in [-0.2, 0) is 13.0 Å². The number of aromatic nitrogens is 1. The number of nitrogens with zero attached hydrogens (tertiary/aromatic N) is 2. The lowest BCUT2D eigenvalue weighted by molar-refractivity contribution is 0.641. The number of thiazole rings is 1. The summed E-state index contributed by atoms with van der Waals surface area (Å²) in [4.78, 5) is 8.91. The van der Waals surface area contributed by atoms with Gasteiger partial charge in [0.05, 0.1) is 5.69 Å². The maximum absolute atomic E-state index is 4.96. The third-order valence-corrected chi connectivity index (χ3v) is 4.94. The van der Waals surface area contributed by atoms with Crippen molar-refractivity contribution in [3.05, 3.63) is 10.6 Å². The van der Waals surface area contributed by atoms with E-state index in [1.54, 1.807) is 0 Å². The summed E-state index contributed by atoms with van der Waals surface area (Å²) in [5.41, 5.74) is 1.31. The number of aryl methyl sites for hydroxylation is 1. The number of hydrogen-bond donors (Lipinski definition) is 1. The quantitative estimate of drug-likeness (QED) is 0.750. The molecule has 4 heteroatoms. The molecule has 0 aromatic carbocycles. The van der Waals surface area contributed by atoms with Gasteiger partial charge in [0.25, 0.3) is 0 Å². The van der Waals surface area contributed by atoms with Crippen LogP contribution in [0.15, 0.2) is 0 Å². The highest BCUT2D eigenvalue weighted by atomic mass is 32.1. The smallest absolute Gasteiger partial charge is 0.186 e. The van der Waals surface area contributed by atoms with Gasteiger partial charge in [-0.15, -0.1) is 11.3 Å². The van der Waals surface area contributed by atoms with Crippen molar-refractivity contribution in [3.63, 3.8) is 0 Å². The fraction of sp³-hybridized carbons (Fsp3) is 0.812. The van der Waals surface area contributed by atoms with Gasteiger partial charge in [0, 0.05) is 24.0 Å². The highest BCUT2D eigenvalue weighted by Crippen LogP contribution is 2.35. The average Bonchev–Trinajstić information content (AvgIpc) is 3.15. The number of rotatable bonds is 9. The lowest BCUT2D eigenvalue weighted by Crippen LogP contribution is -2.32. The van der Waals surface area contributed by atoms with E-state index in [0.717, 1.165) is 25.4 Å². The second-order valence-electron chi connectivity index (χ2n) is 6.09. The van der Waals surface area contributed by atoms with Gasteiger partial charge < -0.3 is 10.2 Å². The summed E-state index contributed by atoms with van der Waals surface area (Å²) < 4.78 is 0. The molecule has 2 rings (SSSR count). The second-order valence-corrected chi connectivity index (χ2v) is 7.15. The van der Waals surface area contributed by atoms with Crippen LogP contribution in [0.1, 0.15) is 57.5 Å². The van der Waals surface area contributed by atoms with E-state index in [4.69, 9.17) is 4.98 Å². The van der Waals surface area contributed by atoms with Gasteiger partial charge in [-0.25, -0.2) is 4.98 Å². The third-order valence-electron chi connectivity index (χ3n) is 3.81. The SMILES string of the molecule is CCCc1nc(N(CC2CC2)C(C)C)sc1CNCC. The van der Waals surface area contributed by atoms with Crippen LogP contribution < -0.4 is 10.2 Å². The summed E-state index contributed by atoms with van der Waals surface area (Å²) >= 11 is 1.90. The number of hydrogen-bond acceptors (Lipinski definition) is 4. The van der Waals surface area contributed by atoms with Gasteiger partial charge in [0.1, 0.15) is 0 Å². The molecule has 0 bridgehead atoms. The van der Waals surface area contributed by atoms with Gasteiger partial charge in [0.2, 0.25) is 0 Å². The van der Waals surface area contributed by atoms with Crippen molar-refractivity contribution in [1.29, 1.82) is 0 Å². The normalized spacial score (nSPS) is 15.1. The van der Waals surface area contributed by atoms with Crippen LogP contribution in [0.5, 0.6) is 0 Å². The Balaban J connectivity index is 2.15. The van der Waals surface area contributed by atoms with Gasteiger partial charge in [-0.3, -0.25) is 0 Å². The van der Waals surface area contributed by atoms with E-state index < -0.39 is 0 Å². The first kappa shape index (κ1) is 15.8. The molecule has 1 aromatic rings. The Morgan fingerprint density at radius 2 is 2.10 bits per heavy atom. The molecule has 1 fully saturated rings. The molecule has 1 saturated carbocycles. The van der Waals surface area contributed by atoms with Gasteiger partial charge in [0.15, 0.2) is 5.13 Å². The fourth-order valence-electron chi connectivity index (χ4n) is 2.39. The molecule has 0 saturated heterocycles. The Morgan fingerprint density at radius 1 is 1.35 bits per heavy atom. The van der Waals surface area contributed by atoms with E-state index in [-0.39, 0.29) is 0 Å². The maximum Gasteiger partial charge on any atom is 0.186 e. The zero-order valence-corrected chi connectivity index (χ0v) is 14.2. The van der Waals surface area contributed by atoms with Crippen LogP contribution >= 0.6 is 11.3 Å². The standard InChI is InChI=1S/C16H29N3S/c1-5-7-14-15(10-17-6-2)20-16(18-14)19(12(3)4)11-13-8-9-13/h12-13,17H,5-11H2,1-4H3. The zero-order chi connectivity index (χ0) is 14.5. The average molecular weight is 295 g/mol. The van der Waals surface area contributed by atoms with E-state index >= 15 is 0 Å². The van der Waals surface area contributed by atoms with Gasteiger partial charge >= 0.3 is 0 Å². The Hall–Kier alpha value is -0.610. The Bertz CT molecular complexity index is 410. The van der Waals surface area contributed by atoms with E-state index in [0.29, 0.717) is 6.04 Å². The van der Waals surface area contributed by atoms with Crippen LogP contribution in [0.4, 0.5) is 5.13 Å². The molecule has 3 nitrogen and oxygen atoms in total. The molecule has 114 valence electrons.